The average Bonchev–Trinajstić information content (AvgIpc) is 3.14. The summed E-state index contributed by atoms with van der Waals surface area (Å²) in [6.07, 6.45) is 1.28. The van der Waals surface area contributed by atoms with E-state index < -0.39 is 16.1 Å². The van der Waals surface area contributed by atoms with Gasteiger partial charge >= 0.3 is 6.03 Å². The Balaban J connectivity index is 1.69. The van der Waals surface area contributed by atoms with E-state index in [9.17, 15) is 13.2 Å². The molecule has 146 valence electrons. The summed E-state index contributed by atoms with van der Waals surface area (Å²) in [5, 5.41) is 5.35. The third kappa shape index (κ3) is 4.89. The van der Waals surface area contributed by atoms with Gasteiger partial charge in [-0.3, -0.25) is 4.72 Å². The number of aromatic nitrogens is 2. The van der Waals surface area contributed by atoms with Crippen molar-refractivity contribution in [3.8, 4) is 0 Å². The number of sulfonamides is 1. The fourth-order valence-electron chi connectivity index (χ4n) is 2.43. The van der Waals surface area contributed by atoms with Gasteiger partial charge in [-0.05, 0) is 30.3 Å². The van der Waals surface area contributed by atoms with E-state index >= 15 is 0 Å². The molecule has 0 unspecified atom stereocenters. The lowest BCUT2D eigenvalue weighted by atomic mass is 10.2. The Morgan fingerprint density at radius 2 is 1.61 bits per heavy atom. The Bertz CT molecular complexity index is 1060. The maximum absolute atomic E-state index is 12.5. The number of hydrogen-bond acceptors (Lipinski definition) is 4. The van der Waals surface area contributed by atoms with Crippen molar-refractivity contribution < 1.29 is 13.2 Å². The second kappa shape index (κ2) is 8.13. The largest absolute Gasteiger partial charge is 0.331 e. The fourth-order valence-corrected chi connectivity index (χ4v) is 3.41. The quantitative estimate of drug-likeness (QED) is 0.502. The molecular formula is C19H21N5O3S. The normalized spacial score (nSPS) is 11.2. The van der Waals surface area contributed by atoms with Crippen LogP contribution in [0.15, 0.2) is 65.8 Å². The number of rotatable bonds is 6. The molecule has 1 heterocycles. The lowest BCUT2D eigenvalue weighted by Crippen LogP contribution is -2.19. The van der Waals surface area contributed by atoms with Crippen LogP contribution in [-0.4, -0.2) is 24.4 Å². The van der Waals surface area contributed by atoms with Crippen molar-refractivity contribution >= 4 is 33.1 Å². The highest BCUT2D eigenvalue weighted by molar-refractivity contribution is 7.92. The molecule has 28 heavy (non-hydrogen) atoms. The number of anilines is 3. The van der Waals surface area contributed by atoms with Crippen LogP contribution >= 0.6 is 0 Å². The topological polar surface area (TPSA) is 116 Å². The molecule has 0 aliphatic carbocycles. The number of benzene rings is 2. The molecule has 0 aliphatic rings. The van der Waals surface area contributed by atoms with Gasteiger partial charge in [0.1, 0.15) is 5.82 Å². The Morgan fingerprint density at radius 3 is 2.29 bits per heavy atom. The molecule has 9 heteroatoms. The summed E-state index contributed by atoms with van der Waals surface area (Å²) in [6.45, 7) is 3.83. The zero-order valence-corrected chi connectivity index (χ0v) is 16.2. The molecule has 8 nitrogen and oxygen atoms in total. The molecule has 2 amide bonds. The molecule has 3 aromatic rings. The predicted octanol–water partition coefficient (Wildman–Crippen LogP) is 3.98. The number of imidazole rings is 1. The van der Waals surface area contributed by atoms with Crippen LogP contribution in [0.4, 0.5) is 21.9 Å². The number of nitrogens with zero attached hydrogens (tertiary/aromatic N) is 1. The number of urea groups is 1. The number of amides is 2. The summed E-state index contributed by atoms with van der Waals surface area (Å²) < 4.78 is 27.5. The van der Waals surface area contributed by atoms with Crippen molar-refractivity contribution in [2.24, 2.45) is 0 Å². The van der Waals surface area contributed by atoms with Gasteiger partial charge in [-0.1, -0.05) is 38.1 Å². The van der Waals surface area contributed by atoms with Gasteiger partial charge < -0.3 is 15.6 Å². The highest BCUT2D eigenvalue weighted by Gasteiger charge is 2.18. The molecule has 0 aliphatic heterocycles. The van der Waals surface area contributed by atoms with Crippen LogP contribution in [0.5, 0.6) is 0 Å². The molecule has 0 spiro atoms. The van der Waals surface area contributed by atoms with Gasteiger partial charge in [-0.25, -0.2) is 9.78 Å². The van der Waals surface area contributed by atoms with Crippen LogP contribution in [0.2, 0.25) is 0 Å². The van der Waals surface area contributed by atoms with Crippen LogP contribution in [-0.2, 0) is 10.0 Å². The summed E-state index contributed by atoms with van der Waals surface area (Å²) in [7, 11) is -3.82. The van der Waals surface area contributed by atoms with Gasteiger partial charge in [0.25, 0.3) is 10.0 Å². The van der Waals surface area contributed by atoms with Gasteiger partial charge in [0, 0.05) is 17.3 Å². The van der Waals surface area contributed by atoms with Crippen molar-refractivity contribution in [2.45, 2.75) is 24.8 Å². The average molecular weight is 399 g/mol. The van der Waals surface area contributed by atoms with E-state index in [0.29, 0.717) is 22.9 Å². The lowest BCUT2D eigenvalue weighted by molar-refractivity contribution is 0.262. The van der Waals surface area contributed by atoms with E-state index in [1.807, 2.05) is 32.0 Å². The van der Waals surface area contributed by atoms with Gasteiger partial charge in [0.2, 0.25) is 0 Å². The molecule has 2 aromatic carbocycles. The smallest absolute Gasteiger partial charge is 0.323 e. The number of nitrogens with one attached hydrogen (secondary N) is 4. The van der Waals surface area contributed by atoms with E-state index in [2.05, 4.69) is 25.3 Å². The minimum absolute atomic E-state index is 0.0172. The molecule has 0 bridgehead atoms. The van der Waals surface area contributed by atoms with E-state index in [-0.39, 0.29) is 10.9 Å². The Kier molecular flexibility index (Phi) is 5.65. The zero-order valence-electron chi connectivity index (χ0n) is 15.4. The van der Waals surface area contributed by atoms with E-state index in [4.69, 9.17) is 0 Å². The van der Waals surface area contributed by atoms with Crippen LogP contribution < -0.4 is 15.4 Å². The van der Waals surface area contributed by atoms with Gasteiger partial charge in [0.15, 0.2) is 5.03 Å². The number of carbonyl (C=O) groups is 1. The van der Waals surface area contributed by atoms with Gasteiger partial charge in [-0.2, -0.15) is 8.42 Å². The van der Waals surface area contributed by atoms with Crippen molar-refractivity contribution in [2.75, 3.05) is 15.4 Å². The first-order valence-corrected chi connectivity index (χ1v) is 10.1. The SMILES string of the molecule is CC(C)c1ncc(S(=O)(=O)Nc2cccc(NC(=O)Nc3ccccc3)c2)[nH]1. The molecule has 0 atom stereocenters. The summed E-state index contributed by atoms with van der Waals surface area (Å²) in [5.74, 6) is 0.674. The van der Waals surface area contributed by atoms with Crippen molar-refractivity contribution in [3.05, 3.63) is 66.6 Å². The fraction of sp³-hybridized carbons (Fsp3) is 0.158. The van der Waals surface area contributed by atoms with E-state index in [1.165, 1.54) is 12.3 Å². The summed E-state index contributed by atoms with van der Waals surface area (Å²) in [6, 6.07) is 15.0. The number of para-hydroxylation sites is 1. The van der Waals surface area contributed by atoms with E-state index in [0.717, 1.165) is 0 Å². The summed E-state index contributed by atoms with van der Waals surface area (Å²) in [5.41, 5.74) is 1.41. The summed E-state index contributed by atoms with van der Waals surface area (Å²) >= 11 is 0. The first-order chi connectivity index (χ1) is 13.3. The third-order valence-corrected chi connectivity index (χ3v) is 5.10. The first kappa shape index (κ1) is 19.4. The second-order valence-corrected chi connectivity index (χ2v) is 8.07. The zero-order chi connectivity index (χ0) is 20.1. The van der Waals surface area contributed by atoms with Crippen molar-refractivity contribution in [1.82, 2.24) is 9.97 Å². The molecule has 1 aromatic heterocycles. The van der Waals surface area contributed by atoms with Gasteiger partial charge in [-0.15, -0.1) is 0 Å². The number of aromatic amines is 1. The van der Waals surface area contributed by atoms with Crippen molar-refractivity contribution in [3.63, 3.8) is 0 Å². The standard InChI is InChI=1S/C19H21N5O3S/c1-13(2)18-20-12-17(23-18)28(26,27)24-16-10-6-9-15(11-16)22-19(25)21-14-7-4-3-5-8-14/h3-13,24H,1-2H3,(H,20,23)(H2,21,22,25). The Labute approximate surface area is 163 Å². The first-order valence-electron chi connectivity index (χ1n) is 8.64. The third-order valence-electron chi connectivity index (χ3n) is 3.81. The Morgan fingerprint density at radius 1 is 0.964 bits per heavy atom. The molecule has 3 rings (SSSR count). The van der Waals surface area contributed by atoms with Crippen LogP contribution in [0.1, 0.15) is 25.6 Å². The number of H-pyrrole nitrogens is 1. The molecular weight excluding hydrogens is 378 g/mol. The summed E-state index contributed by atoms with van der Waals surface area (Å²) in [4.78, 5) is 19.0. The number of carbonyl (C=O) groups excluding carboxylic acids is 1. The minimum atomic E-state index is -3.82. The molecule has 0 saturated carbocycles. The van der Waals surface area contributed by atoms with E-state index in [1.54, 1.807) is 30.3 Å². The maximum atomic E-state index is 12.5. The Hall–Kier alpha value is -3.33. The monoisotopic (exact) mass is 399 g/mol. The highest BCUT2D eigenvalue weighted by Crippen LogP contribution is 2.20. The van der Waals surface area contributed by atoms with Crippen LogP contribution in [0.25, 0.3) is 0 Å². The van der Waals surface area contributed by atoms with Gasteiger partial charge in [0.05, 0.1) is 11.9 Å². The lowest BCUT2D eigenvalue weighted by Gasteiger charge is -2.10. The predicted molar refractivity (Wildman–Crippen MR) is 109 cm³/mol. The van der Waals surface area contributed by atoms with Crippen LogP contribution in [0.3, 0.4) is 0 Å². The minimum Gasteiger partial charge on any atom is -0.331 e. The molecule has 4 N–H and O–H groups in total. The molecule has 0 fully saturated rings. The number of hydrogen-bond donors (Lipinski definition) is 4. The molecule has 0 saturated heterocycles. The second-order valence-electron chi connectivity index (χ2n) is 6.42. The maximum Gasteiger partial charge on any atom is 0.323 e. The molecule has 0 radical (unpaired) electrons. The van der Waals surface area contributed by atoms with Crippen molar-refractivity contribution in [1.29, 1.82) is 0 Å². The highest BCUT2D eigenvalue weighted by atomic mass is 32.2. The van der Waals surface area contributed by atoms with Crippen LogP contribution in [0, 0.1) is 0 Å².